The van der Waals surface area contributed by atoms with E-state index in [1.165, 1.54) is 12.0 Å². The van der Waals surface area contributed by atoms with Gasteiger partial charge in [-0.2, -0.15) is 5.10 Å². The van der Waals surface area contributed by atoms with Gasteiger partial charge in [-0.25, -0.2) is 0 Å². The number of piperidine rings is 1. The van der Waals surface area contributed by atoms with Crippen molar-refractivity contribution in [1.29, 1.82) is 0 Å². The van der Waals surface area contributed by atoms with E-state index in [4.69, 9.17) is 0 Å². The third-order valence-corrected chi connectivity index (χ3v) is 6.26. The Balaban J connectivity index is 1.51. The van der Waals surface area contributed by atoms with Crippen LogP contribution in [0.5, 0.6) is 0 Å². The Hall–Kier alpha value is -2.14. The van der Waals surface area contributed by atoms with Crippen LogP contribution in [0.1, 0.15) is 42.9 Å². The smallest absolute Gasteiger partial charge is 0.232 e. The zero-order valence-corrected chi connectivity index (χ0v) is 14.3. The molecule has 1 aromatic carbocycles. The second kappa shape index (κ2) is 5.99. The third kappa shape index (κ3) is 2.49. The summed E-state index contributed by atoms with van der Waals surface area (Å²) in [7, 11) is 0. The van der Waals surface area contributed by atoms with E-state index in [0.717, 1.165) is 43.6 Å². The molecule has 1 aromatic heterocycles. The van der Waals surface area contributed by atoms with E-state index < -0.39 is 0 Å². The molecule has 2 N–H and O–H groups in total. The fraction of sp³-hybridized carbons (Fsp3) is 0.500. The SMILES string of the molecule is O=C(C1C2CCC(CC1c1ccn[nH]1)N2)N1CCCc2ccccc21. The number of carbonyl (C=O) groups excluding carboxylic acids is 1. The normalized spacial score (nSPS) is 31.0. The quantitative estimate of drug-likeness (QED) is 0.886. The second-order valence-electron chi connectivity index (χ2n) is 7.65. The topological polar surface area (TPSA) is 61.0 Å². The average Bonchev–Trinajstić information content (AvgIpc) is 3.31. The molecule has 5 heteroatoms. The molecular formula is C20H24N4O. The summed E-state index contributed by atoms with van der Waals surface area (Å²) in [4.78, 5) is 15.7. The molecule has 2 saturated heterocycles. The molecule has 5 rings (SSSR count). The highest BCUT2D eigenvalue weighted by molar-refractivity contribution is 5.97. The monoisotopic (exact) mass is 336 g/mol. The summed E-state index contributed by atoms with van der Waals surface area (Å²) in [5, 5.41) is 11.0. The van der Waals surface area contributed by atoms with Gasteiger partial charge < -0.3 is 10.2 Å². The van der Waals surface area contributed by atoms with E-state index in [1.54, 1.807) is 6.20 Å². The van der Waals surface area contributed by atoms with Crippen LogP contribution in [0.4, 0.5) is 5.69 Å². The lowest BCUT2D eigenvalue weighted by atomic mass is 9.78. The molecule has 0 radical (unpaired) electrons. The van der Waals surface area contributed by atoms with Crippen LogP contribution in [0.15, 0.2) is 36.5 Å². The van der Waals surface area contributed by atoms with E-state index in [9.17, 15) is 4.79 Å². The number of H-pyrrole nitrogens is 1. The van der Waals surface area contributed by atoms with Gasteiger partial charge in [0.05, 0.1) is 5.92 Å². The second-order valence-corrected chi connectivity index (χ2v) is 7.65. The number of para-hydroxylation sites is 1. The highest BCUT2D eigenvalue weighted by atomic mass is 16.2. The molecule has 5 nitrogen and oxygen atoms in total. The first-order chi connectivity index (χ1) is 12.3. The molecule has 2 bridgehead atoms. The number of amides is 1. The summed E-state index contributed by atoms with van der Waals surface area (Å²) < 4.78 is 0. The van der Waals surface area contributed by atoms with Crippen LogP contribution >= 0.6 is 0 Å². The lowest BCUT2D eigenvalue weighted by Gasteiger charge is -2.40. The molecule has 4 unspecified atom stereocenters. The van der Waals surface area contributed by atoms with Crippen LogP contribution in [-0.2, 0) is 11.2 Å². The van der Waals surface area contributed by atoms with Crippen molar-refractivity contribution < 1.29 is 4.79 Å². The summed E-state index contributed by atoms with van der Waals surface area (Å²) in [6, 6.07) is 11.2. The zero-order chi connectivity index (χ0) is 16.8. The van der Waals surface area contributed by atoms with Crippen molar-refractivity contribution in [3.8, 4) is 0 Å². The molecule has 130 valence electrons. The Labute approximate surface area is 147 Å². The van der Waals surface area contributed by atoms with E-state index in [-0.39, 0.29) is 23.8 Å². The van der Waals surface area contributed by atoms with E-state index in [1.807, 2.05) is 17.0 Å². The number of hydrogen-bond acceptors (Lipinski definition) is 3. The molecule has 4 heterocycles. The summed E-state index contributed by atoms with van der Waals surface area (Å²) in [6.07, 6.45) is 7.21. The number of rotatable bonds is 2. The van der Waals surface area contributed by atoms with E-state index in [0.29, 0.717) is 6.04 Å². The van der Waals surface area contributed by atoms with Crippen LogP contribution < -0.4 is 10.2 Å². The lowest BCUT2D eigenvalue weighted by Crippen LogP contribution is -2.53. The molecule has 3 aliphatic rings. The molecule has 0 aliphatic carbocycles. The Morgan fingerprint density at radius 1 is 1.20 bits per heavy atom. The fourth-order valence-electron chi connectivity index (χ4n) is 5.13. The number of benzene rings is 1. The molecule has 4 atom stereocenters. The van der Waals surface area contributed by atoms with Gasteiger partial charge in [-0.15, -0.1) is 0 Å². The molecule has 25 heavy (non-hydrogen) atoms. The number of nitrogens with one attached hydrogen (secondary N) is 2. The van der Waals surface area contributed by atoms with Gasteiger partial charge in [0.2, 0.25) is 5.91 Å². The number of nitrogens with zero attached hydrogens (tertiary/aromatic N) is 2. The predicted octanol–water partition coefficient (Wildman–Crippen LogP) is 2.61. The van der Waals surface area contributed by atoms with Crippen LogP contribution in [0, 0.1) is 5.92 Å². The number of aromatic amines is 1. The summed E-state index contributed by atoms with van der Waals surface area (Å²) in [5.41, 5.74) is 3.53. The van der Waals surface area contributed by atoms with Crippen molar-refractivity contribution in [2.45, 2.75) is 50.1 Å². The standard InChI is InChI=1S/C20H24N4O/c25-20(24-11-3-5-13-4-1-2-6-18(13)24)19-15(16-9-10-21-23-16)12-14-7-8-17(19)22-14/h1-2,4,6,9-10,14-15,17,19,22H,3,5,7-8,11-12H2,(H,21,23). The first-order valence-electron chi connectivity index (χ1n) is 9.46. The minimum Gasteiger partial charge on any atom is -0.312 e. The average molecular weight is 336 g/mol. The molecule has 2 aromatic rings. The molecular weight excluding hydrogens is 312 g/mol. The maximum absolute atomic E-state index is 13.7. The predicted molar refractivity (Wildman–Crippen MR) is 96.5 cm³/mol. The van der Waals surface area contributed by atoms with Gasteiger partial charge in [-0.05, 0) is 49.8 Å². The van der Waals surface area contributed by atoms with Gasteiger partial charge in [0.1, 0.15) is 0 Å². The summed E-state index contributed by atoms with van der Waals surface area (Å²) in [6.45, 7) is 0.832. The number of carbonyl (C=O) groups is 1. The fourth-order valence-corrected chi connectivity index (χ4v) is 5.13. The van der Waals surface area contributed by atoms with Gasteiger partial charge in [0.25, 0.3) is 0 Å². The van der Waals surface area contributed by atoms with E-state index in [2.05, 4.69) is 33.7 Å². The summed E-state index contributed by atoms with van der Waals surface area (Å²) >= 11 is 0. The van der Waals surface area contributed by atoms with Crippen molar-refractivity contribution in [3.63, 3.8) is 0 Å². The van der Waals surface area contributed by atoms with Crippen molar-refractivity contribution in [2.75, 3.05) is 11.4 Å². The van der Waals surface area contributed by atoms with Crippen molar-refractivity contribution in [3.05, 3.63) is 47.8 Å². The zero-order valence-electron chi connectivity index (χ0n) is 14.3. The first-order valence-corrected chi connectivity index (χ1v) is 9.46. The number of aryl methyl sites for hydroxylation is 1. The maximum atomic E-state index is 13.7. The lowest BCUT2D eigenvalue weighted by molar-refractivity contribution is -0.124. The maximum Gasteiger partial charge on any atom is 0.232 e. The molecule has 1 amide bonds. The highest BCUT2D eigenvalue weighted by Gasteiger charge is 2.47. The van der Waals surface area contributed by atoms with Gasteiger partial charge >= 0.3 is 0 Å². The van der Waals surface area contributed by atoms with Gasteiger partial charge in [0.15, 0.2) is 0 Å². The summed E-state index contributed by atoms with van der Waals surface area (Å²) in [5.74, 6) is 0.512. The van der Waals surface area contributed by atoms with Crippen LogP contribution in [0.3, 0.4) is 0 Å². The molecule has 0 saturated carbocycles. The number of anilines is 1. The Morgan fingerprint density at radius 3 is 3.00 bits per heavy atom. The highest BCUT2D eigenvalue weighted by Crippen LogP contribution is 2.43. The number of hydrogen-bond donors (Lipinski definition) is 2. The molecule has 0 spiro atoms. The number of fused-ring (bicyclic) bond motifs is 3. The Morgan fingerprint density at radius 2 is 2.12 bits per heavy atom. The number of aromatic nitrogens is 2. The molecule has 3 aliphatic heterocycles. The van der Waals surface area contributed by atoms with Gasteiger partial charge in [-0.1, -0.05) is 18.2 Å². The van der Waals surface area contributed by atoms with Crippen LogP contribution in [-0.4, -0.2) is 34.7 Å². The van der Waals surface area contributed by atoms with Crippen molar-refractivity contribution in [2.24, 2.45) is 5.92 Å². The molecule has 2 fully saturated rings. The Bertz CT molecular complexity index is 772. The van der Waals surface area contributed by atoms with E-state index >= 15 is 0 Å². The van der Waals surface area contributed by atoms with Crippen LogP contribution in [0.25, 0.3) is 0 Å². The first kappa shape index (κ1) is 15.1. The van der Waals surface area contributed by atoms with Crippen LogP contribution in [0.2, 0.25) is 0 Å². The van der Waals surface area contributed by atoms with Gasteiger partial charge in [0, 0.05) is 42.1 Å². The third-order valence-electron chi connectivity index (χ3n) is 6.26. The minimum atomic E-state index is -0.00893. The Kier molecular flexibility index (Phi) is 3.63. The van der Waals surface area contributed by atoms with Crippen molar-refractivity contribution in [1.82, 2.24) is 15.5 Å². The van der Waals surface area contributed by atoms with Gasteiger partial charge in [-0.3, -0.25) is 9.89 Å². The minimum absolute atomic E-state index is 0.00893. The van der Waals surface area contributed by atoms with Crippen molar-refractivity contribution >= 4 is 11.6 Å². The largest absolute Gasteiger partial charge is 0.312 e.